The Hall–Kier alpha value is -3.58. The molecule has 0 aliphatic carbocycles. The van der Waals surface area contributed by atoms with E-state index in [1.807, 2.05) is 73.6 Å². The third-order valence-electron chi connectivity index (χ3n) is 4.57. The zero-order valence-electron chi connectivity index (χ0n) is 18.0. The molecular weight excluding hydrogens is 392 g/mol. The number of hydrogen-bond acceptors (Lipinski definition) is 5. The van der Waals surface area contributed by atoms with Crippen molar-refractivity contribution in [2.75, 3.05) is 27.7 Å². The molecule has 0 saturated carbocycles. The van der Waals surface area contributed by atoms with Crippen LogP contribution in [-0.2, 0) is 6.54 Å². The molecule has 1 aromatic heterocycles. The molecule has 7 heteroatoms. The minimum absolute atomic E-state index is 0.104. The predicted molar refractivity (Wildman–Crippen MR) is 120 cm³/mol. The number of carbonyl (C=O) groups excluding carboxylic acids is 1. The Morgan fingerprint density at radius 1 is 1.03 bits per heavy atom. The summed E-state index contributed by atoms with van der Waals surface area (Å²) in [5.41, 5.74) is 1.93. The van der Waals surface area contributed by atoms with Crippen LogP contribution in [0.3, 0.4) is 0 Å². The van der Waals surface area contributed by atoms with Crippen molar-refractivity contribution >= 4 is 6.03 Å². The van der Waals surface area contributed by atoms with Crippen LogP contribution >= 0.6 is 0 Å². The molecular formula is C24H28N4O3. The average Bonchev–Trinajstić information content (AvgIpc) is 2.78. The van der Waals surface area contributed by atoms with Crippen LogP contribution in [0, 0.1) is 0 Å². The first-order chi connectivity index (χ1) is 15.0. The Kier molecular flexibility index (Phi) is 7.84. The molecule has 7 nitrogen and oxygen atoms in total. The number of likely N-dealkylation sites (N-methyl/N-ethyl adjacent to an activating group) is 1. The molecule has 2 aromatic carbocycles. The normalized spacial score (nSPS) is 11.6. The van der Waals surface area contributed by atoms with E-state index >= 15 is 0 Å². The average molecular weight is 421 g/mol. The Labute approximate surface area is 183 Å². The molecule has 0 aliphatic heterocycles. The van der Waals surface area contributed by atoms with Crippen molar-refractivity contribution in [2.24, 2.45) is 0 Å². The molecule has 1 heterocycles. The van der Waals surface area contributed by atoms with Gasteiger partial charge in [-0.05, 0) is 37.4 Å². The van der Waals surface area contributed by atoms with E-state index in [1.54, 1.807) is 25.4 Å². The lowest BCUT2D eigenvalue weighted by atomic mass is 10.1. The third kappa shape index (κ3) is 7.01. The number of amides is 2. The van der Waals surface area contributed by atoms with Gasteiger partial charge in [-0.25, -0.2) is 9.78 Å². The fourth-order valence-electron chi connectivity index (χ4n) is 3.04. The number of ether oxygens (including phenoxy) is 2. The molecule has 31 heavy (non-hydrogen) atoms. The summed E-state index contributed by atoms with van der Waals surface area (Å²) in [5, 5.41) is 5.93. The number of aromatic nitrogens is 1. The number of carbonyl (C=O) groups is 1. The van der Waals surface area contributed by atoms with Crippen molar-refractivity contribution in [3.8, 4) is 17.4 Å². The topological polar surface area (TPSA) is 75.7 Å². The van der Waals surface area contributed by atoms with E-state index < -0.39 is 0 Å². The SMILES string of the molecule is COc1cccc(Oc2ccc(CNC(=O)NC(CN(C)C)c3ccccc3)cn2)c1. The molecule has 1 unspecified atom stereocenters. The molecule has 2 amide bonds. The van der Waals surface area contributed by atoms with E-state index in [9.17, 15) is 4.79 Å². The van der Waals surface area contributed by atoms with Gasteiger partial charge >= 0.3 is 6.03 Å². The first-order valence-electron chi connectivity index (χ1n) is 10.0. The molecule has 0 radical (unpaired) electrons. The van der Waals surface area contributed by atoms with E-state index in [0.717, 1.165) is 11.1 Å². The second kappa shape index (κ2) is 11.0. The van der Waals surface area contributed by atoms with E-state index in [4.69, 9.17) is 9.47 Å². The number of urea groups is 1. The van der Waals surface area contributed by atoms with Crippen LogP contribution in [0.2, 0.25) is 0 Å². The first-order valence-corrected chi connectivity index (χ1v) is 10.0. The minimum atomic E-state index is -0.229. The third-order valence-corrected chi connectivity index (χ3v) is 4.57. The molecule has 1 atom stereocenters. The highest BCUT2D eigenvalue weighted by Crippen LogP contribution is 2.23. The molecule has 0 aliphatic rings. The molecule has 0 saturated heterocycles. The first kappa shape index (κ1) is 22.1. The van der Waals surface area contributed by atoms with Gasteiger partial charge in [0.2, 0.25) is 5.88 Å². The van der Waals surface area contributed by atoms with Crippen LogP contribution < -0.4 is 20.1 Å². The molecule has 0 spiro atoms. The summed E-state index contributed by atoms with van der Waals surface area (Å²) >= 11 is 0. The van der Waals surface area contributed by atoms with Crippen LogP contribution in [0.1, 0.15) is 17.2 Å². The van der Waals surface area contributed by atoms with Crippen LogP contribution in [0.25, 0.3) is 0 Å². The summed E-state index contributed by atoms with van der Waals surface area (Å²) in [6.07, 6.45) is 1.68. The van der Waals surface area contributed by atoms with Crippen molar-refractivity contribution in [1.29, 1.82) is 0 Å². The maximum Gasteiger partial charge on any atom is 0.315 e. The maximum atomic E-state index is 12.5. The molecule has 2 N–H and O–H groups in total. The molecule has 0 bridgehead atoms. The second-order valence-electron chi connectivity index (χ2n) is 7.34. The van der Waals surface area contributed by atoms with Gasteiger partial charge in [0.25, 0.3) is 0 Å². The number of benzene rings is 2. The van der Waals surface area contributed by atoms with Gasteiger partial charge in [0, 0.05) is 31.4 Å². The summed E-state index contributed by atoms with van der Waals surface area (Å²) < 4.78 is 10.9. The number of hydrogen-bond donors (Lipinski definition) is 2. The van der Waals surface area contributed by atoms with Gasteiger partial charge in [-0.1, -0.05) is 42.5 Å². The highest BCUT2D eigenvalue weighted by atomic mass is 16.5. The molecule has 162 valence electrons. The highest BCUT2D eigenvalue weighted by Gasteiger charge is 2.15. The maximum absolute atomic E-state index is 12.5. The van der Waals surface area contributed by atoms with Crippen LogP contribution in [0.15, 0.2) is 72.9 Å². The summed E-state index contributed by atoms with van der Waals surface area (Å²) in [6.45, 7) is 1.07. The van der Waals surface area contributed by atoms with Crippen molar-refractivity contribution < 1.29 is 14.3 Å². The molecule has 3 rings (SSSR count). The van der Waals surface area contributed by atoms with E-state index in [1.165, 1.54) is 0 Å². The van der Waals surface area contributed by atoms with Crippen molar-refractivity contribution in [1.82, 2.24) is 20.5 Å². The van der Waals surface area contributed by atoms with Gasteiger partial charge in [0.15, 0.2) is 0 Å². The van der Waals surface area contributed by atoms with Crippen LogP contribution in [0.5, 0.6) is 17.4 Å². The van der Waals surface area contributed by atoms with E-state index in [0.29, 0.717) is 30.5 Å². The summed E-state index contributed by atoms with van der Waals surface area (Å²) in [4.78, 5) is 18.8. The van der Waals surface area contributed by atoms with E-state index in [2.05, 4.69) is 15.6 Å². The van der Waals surface area contributed by atoms with Gasteiger partial charge in [0.05, 0.1) is 13.2 Å². The van der Waals surface area contributed by atoms with Gasteiger partial charge in [-0.2, -0.15) is 0 Å². The number of methoxy groups -OCH3 is 1. The summed E-state index contributed by atoms with van der Waals surface area (Å²) in [7, 11) is 5.57. The molecule has 0 fully saturated rings. The van der Waals surface area contributed by atoms with Crippen LogP contribution in [-0.4, -0.2) is 43.7 Å². The largest absolute Gasteiger partial charge is 0.497 e. The van der Waals surface area contributed by atoms with Crippen molar-refractivity contribution in [3.63, 3.8) is 0 Å². The Bertz CT molecular complexity index is 962. The number of pyridine rings is 1. The fraction of sp³-hybridized carbons (Fsp3) is 0.250. The fourth-order valence-corrected chi connectivity index (χ4v) is 3.04. The van der Waals surface area contributed by atoms with Gasteiger partial charge < -0.3 is 25.0 Å². The summed E-state index contributed by atoms with van der Waals surface area (Å²) in [5.74, 6) is 1.83. The zero-order valence-corrected chi connectivity index (χ0v) is 18.0. The zero-order chi connectivity index (χ0) is 22.1. The lowest BCUT2D eigenvalue weighted by Gasteiger charge is -2.23. The molecule has 3 aromatic rings. The van der Waals surface area contributed by atoms with Gasteiger partial charge in [0.1, 0.15) is 11.5 Å². The smallest absolute Gasteiger partial charge is 0.315 e. The van der Waals surface area contributed by atoms with E-state index in [-0.39, 0.29) is 12.1 Å². The highest BCUT2D eigenvalue weighted by molar-refractivity contribution is 5.74. The van der Waals surface area contributed by atoms with Crippen LogP contribution in [0.4, 0.5) is 4.79 Å². The minimum Gasteiger partial charge on any atom is -0.497 e. The predicted octanol–water partition coefficient (Wildman–Crippen LogP) is 3.98. The van der Waals surface area contributed by atoms with Crippen molar-refractivity contribution in [2.45, 2.75) is 12.6 Å². The lowest BCUT2D eigenvalue weighted by Crippen LogP contribution is -2.41. The lowest BCUT2D eigenvalue weighted by molar-refractivity contribution is 0.232. The summed E-state index contributed by atoms with van der Waals surface area (Å²) in [6, 6.07) is 20.6. The monoisotopic (exact) mass is 420 g/mol. The number of nitrogens with one attached hydrogen (secondary N) is 2. The second-order valence-corrected chi connectivity index (χ2v) is 7.34. The van der Waals surface area contributed by atoms with Crippen molar-refractivity contribution in [3.05, 3.63) is 84.1 Å². The number of nitrogens with zero attached hydrogens (tertiary/aromatic N) is 2. The number of rotatable bonds is 9. The quantitative estimate of drug-likeness (QED) is 0.548. The Morgan fingerprint density at radius 2 is 1.81 bits per heavy atom. The Morgan fingerprint density at radius 3 is 2.48 bits per heavy atom. The van der Waals surface area contributed by atoms with Gasteiger partial charge in [-0.3, -0.25) is 0 Å². The Balaban J connectivity index is 1.53. The standard InChI is InChI=1S/C24H28N4O3/c1-28(2)17-22(19-8-5-4-6-9-19)27-24(29)26-16-18-12-13-23(25-15-18)31-21-11-7-10-20(14-21)30-3/h4-15,22H,16-17H2,1-3H3,(H2,26,27,29). The van der Waals surface area contributed by atoms with Gasteiger partial charge in [-0.15, -0.1) is 0 Å².